The third-order valence-corrected chi connectivity index (χ3v) is 5.37. The van der Waals surface area contributed by atoms with E-state index in [4.69, 9.17) is 10.5 Å². The molecule has 7 nitrogen and oxygen atoms in total. The van der Waals surface area contributed by atoms with Crippen molar-refractivity contribution in [1.29, 1.82) is 0 Å². The van der Waals surface area contributed by atoms with E-state index >= 15 is 0 Å². The fourth-order valence-electron chi connectivity index (χ4n) is 3.21. The van der Waals surface area contributed by atoms with Gasteiger partial charge >= 0.3 is 0 Å². The van der Waals surface area contributed by atoms with E-state index in [9.17, 15) is 9.59 Å². The molecule has 0 spiro atoms. The lowest BCUT2D eigenvalue weighted by Gasteiger charge is -2.02. The molecule has 1 aliphatic rings. The fourth-order valence-corrected chi connectivity index (χ4v) is 4.04. The van der Waals surface area contributed by atoms with Crippen LogP contribution in [0.3, 0.4) is 0 Å². The number of rotatable bonds is 6. The lowest BCUT2D eigenvalue weighted by atomic mass is 10.1. The topological polar surface area (TPSA) is 98.7 Å². The Hall–Kier alpha value is -3.52. The van der Waals surface area contributed by atoms with E-state index in [-0.39, 0.29) is 12.5 Å². The minimum atomic E-state index is -0.423. The van der Waals surface area contributed by atoms with Gasteiger partial charge in [-0.15, -0.1) is 0 Å². The van der Waals surface area contributed by atoms with E-state index in [1.54, 1.807) is 10.6 Å². The van der Waals surface area contributed by atoms with Crippen molar-refractivity contribution in [2.45, 2.75) is 13.5 Å². The average Bonchev–Trinajstić information content (AvgIpc) is 3.24. The number of nitrogens with zero attached hydrogens (tertiary/aromatic N) is 2. The first-order chi connectivity index (χ1) is 14.5. The molecule has 1 aliphatic heterocycles. The SMILES string of the molecule is CCOc1ccc(N=C2NC(=O)/C(=C/c3cn(CC(N)=O)c4ccccc34)S2)cc1. The number of carbonyl (C=O) groups excluding carboxylic acids is 2. The number of thioether (sulfide) groups is 1. The number of amidine groups is 1. The number of aliphatic imine (C=N–C) groups is 1. The van der Waals surface area contributed by atoms with Gasteiger partial charge in [0.25, 0.3) is 5.91 Å². The van der Waals surface area contributed by atoms with Crippen LogP contribution in [0.1, 0.15) is 12.5 Å². The number of hydrogen-bond donors (Lipinski definition) is 2. The standard InChI is InChI=1S/C22H20N4O3S/c1-2-29-16-9-7-15(8-10-16)24-22-25-21(28)19(30-22)11-14-12-26(13-20(23)27)18-6-4-3-5-17(14)18/h3-12H,2,13H2,1H3,(H2,23,27)(H,24,25,28)/b19-11-. The highest BCUT2D eigenvalue weighted by Crippen LogP contribution is 2.31. The van der Waals surface area contributed by atoms with Gasteiger partial charge < -0.3 is 20.4 Å². The monoisotopic (exact) mass is 420 g/mol. The van der Waals surface area contributed by atoms with Crippen LogP contribution >= 0.6 is 11.8 Å². The summed E-state index contributed by atoms with van der Waals surface area (Å²) in [7, 11) is 0. The molecule has 1 aromatic heterocycles. The summed E-state index contributed by atoms with van der Waals surface area (Å²) in [6.07, 6.45) is 3.64. The largest absolute Gasteiger partial charge is 0.494 e. The Labute approximate surface area is 177 Å². The second-order valence-electron chi connectivity index (χ2n) is 6.60. The van der Waals surface area contributed by atoms with Crippen LogP contribution < -0.4 is 15.8 Å². The molecule has 2 aromatic carbocycles. The van der Waals surface area contributed by atoms with E-state index in [0.29, 0.717) is 16.7 Å². The Kier molecular flexibility index (Phi) is 5.58. The third-order valence-electron chi connectivity index (χ3n) is 4.46. The Bertz CT molecular complexity index is 1180. The minimum Gasteiger partial charge on any atom is -0.494 e. The molecule has 0 aliphatic carbocycles. The number of nitrogens with one attached hydrogen (secondary N) is 1. The van der Waals surface area contributed by atoms with Gasteiger partial charge in [-0.3, -0.25) is 9.59 Å². The predicted molar refractivity (Wildman–Crippen MR) is 120 cm³/mol. The number of primary amides is 1. The maximum atomic E-state index is 12.5. The van der Waals surface area contributed by atoms with Gasteiger partial charge in [-0.1, -0.05) is 18.2 Å². The zero-order valence-electron chi connectivity index (χ0n) is 16.3. The van der Waals surface area contributed by atoms with Crippen LogP contribution in [-0.4, -0.2) is 28.2 Å². The molecular weight excluding hydrogens is 400 g/mol. The Morgan fingerprint density at radius 2 is 2.00 bits per heavy atom. The maximum Gasteiger partial charge on any atom is 0.264 e. The molecule has 4 rings (SSSR count). The molecule has 0 radical (unpaired) electrons. The molecule has 3 aromatic rings. The molecule has 2 heterocycles. The van der Waals surface area contributed by atoms with E-state index < -0.39 is 5.91 Å². The van der Waals surface area contributed by atoms with Crippen LogP contribution in [0.5, 0.6) is 5.75 Å². The third kappa shape index (κ3) is 4.23. The van der Waals surface area contributed by atoms with Gasteiger partial charge in [0, 0.05) is 22.7 Å². The lowest BCUT2D eigenvalue weighted by molar-refractivity contribution is -0.118. The summed E-state index contributed by atoms with van der Waals surface area (Å²) in [5.74, 6) is 0.140. The van der Waals surface area contributed by atoms with Gasteiger partial charge in [-0.2, -0.15) is 0 Å². The molecule has 152 valence electrons. The molecule has 0 unspecified atom stereocenters. The number of benzene rings is 2. The van der Waals surface area contributed by atoms with E-state index in [2.05, 4.69) is 10.3 Å². The smallest absolute Gasteiger partial charge is 0.264 e. The number of hydrogen-bond acceptors (Lipinski definition) is 5. The molecule has 1 saturated heterocycles. The number of amides is 2. The fraction of sp³-hybridized carbons (Fsp3) is 0.136. The number of aromatic nitrogens is 1. The highest BCUT2D eigenvalue weighted by molar-refractivity contribution is 8.18. The molecular formula is C22H20N4O3S. The van der Waals surface area contributed by atoms with Crippen molar-refractivity contribution in [2.75, 3.05) is 6.61 Å². The van der Waals surface area contributed by atoms with Gasteiger partial charge in [-0.25, -0.2) is 4.99 Å². The number of nitrogens with two attached hydrogens (primary N) is 1. The van der Waals surface area contributed by atoms with Crippen LogP contribution in [-0.2, 0) is 16.1 Å². The van der Waals surface area contributed by atoms with E-state index in [1.165, 1.54) is 11.8 Å². The average molecular weight is 420 g/mol. The van der Waals surface area contributed by atoms with Crippen molar-refractivity contribution in [3.8, 4) is 5.75 Å². The van der Waals surface area contributed by atoms with Crippen LogP contribution in [0.25, 0.3) is 17.0 Å². The van der Waals surface area contributed by atoms with Crippen molar-refractivity contribution in [3.63, 3.8) is 0 Å². The second-order valence-corrected chi connectivity index (χ2v) is 7.64. The van der Waals surface area contributed by atoms with Gasteiger partial charge in [0.2, 0.25) is 5.91 Å². The number of carbonyl (C=O) groups is 2. The first-order valence-corrected chi connectivity index (χ1v) is 10.2. The number of fused-ring (bicyclic) bond motifs is 1. The molecule has 0 saturated carbocycles. The Morgan fingerprint density at radius 1 is 1.23 bits per heavy atom. The molecule has 30 heavy (non-hydrogen) atoms. The molecule has 0 bridgehead atoms. The van der Waals surface area contributed by atoms with Crippen molar-refractivity contribution in [2.24, 2.45) is 10.7 Å². The molecule has 3 N–H and O–H groups in total. The number of para-hydroxylation sites is 1. The van der Waals surface area contributed by atoms with Crippen molar-refractivity contribution in [3.05, 3.63) is 65.2 Å². The van der Waals surface area contributed by atoms with Crippen molar-refractivity contribution >= 4 is 51.4 Å². The predicted octanol–water partition coefficient (Wildman–Crippen LogP) is 3.42. The van der Waals surface area contributed by atoms with Crippen LogP contribution in [0.4, 0.5) is 5.69 Å². The summed E-state index contributed by atoms with van der Waals surface area (Å²) in [6, 6.07) is 15.0. The van der Waals surface area contributed by atoms with Gasteiger partial charge in [0.05, 0.1) is 17.2 Å². The lowest BCUT2D eigenvalue weighted by Crippen LogP contribution is -2.19. The van der Waals surface area contributed by atoms with Gasteiger partial charge in [0.15, 0.2) is 5.17 Å². The van der Waals surface area contributed by atoms with Gasteiger partial charge in [0.1, 0.15) is 12.3 Å². The highest BCUT2D eigenvalue weighted by atomic mass is 32.2. The summed E-state index contributed by atoms with van der Waals surface area (Å²) < 4.78 is 7.22. The van der Waals surface area contributed by atoms with Crippen molar-refractivity contribution < 1.29 is 14.3 Å². The van der Waals surface area contributed by atoms with Crippen molar-refractivity contribution in [1.82, 2.24) is 9.88 Å². The van der Waals surface area contributed by atoms with E-state index in [1.807, 2.05) is 61.7 Å². The van der Waals surface area contributed by atoms with Crippen LogP contribution in [0.15, 0.2) is 64.6 Å². The first kappa shape index (κ1) is 19.8. The van der Waals surface area contributed by atoms with E-state index in [0.717, 1.165) is 27.9 Å². The summed E-state index contributed by atoms with van der Waals surface area (Å²) in [5.41, 5.74) is 7.81. The quantitative estimate of drug-likeness (QED) is 0.597. The zero-order valence-corrected chi connectivity index (χ0v) is 17.1. The zero-order chi connectivity index (χ0) is 21.1. The Morgan fingerprint density at radius 3 is 2.73 bits per heavy atom. The Balaban J connectivity index is 1.61. The normalized spacial score (nSPS) is 16.4. The summed E-state index contributed by atoms with van der Waals surface area (Å²) in [5, 5.41) is 4.24. The number of ether oxygens (including phenoxy) is 1. The molecule has 2 amide bonds. The molecule has 1 fully saturated rings. The maximum absolute atomic E-state index is 12.5. The summed E-state index contributed by atoms with van der Waals surface area (Å²) in [6.45, 7) is 2.61. The van der Waals surface area contributed by atoms with Crippen LogP contribution in [0.2, 0.25) is 0 Å². The second kappa shape index (κ2) is 8.46. The van der Waals surface area contributed by atoms with Gasteiger partial charge in [-0.05, 0) is 55.1 Å². The first-order valence-electron chi connectivity index (χ1n) is 9.42. The van der Waals surface area contributed by atoms with Crippen LogP contribution in [0, 0.1) is 0 Å². The molecule has 8 heteroatoms. The minimum absolute atomic E-state index is 0.0769. The molecule has 0 atom stereocenters. The summed E-state index contributed by atoms with van der Waals surface area (Å²) >= 11 is 1.27. The summed E-state index contributed by atoms with van der Waals surface area (Å²) in [4.78, 5) is 28.9. The highest BCUT2D eigenvalue weighted by Gasteiger charge is 2.24.